The van der Waals surface area contributed by atoms with Gasteiger partial charge in [-0.25, -0.2) is 0 Å². The lowest BCUT2D eigenvalue weighted by Crippen LogP contribution is -2.11. The van der Waals surface area contributed by atoms with Crippen LogP contribution in [0.15, 0.2) is 29.2 Å². The van der Waals surface area contributed by atoms with Gasteiger partial charge in [0.1, 0.15) is 11.9 Å². The molecule has 6 heteroatoms. The molecule has 0 saturated heterocycles. The van der Waals surface area contributed by atoms with E-state index in [1.165, 1.54) is 0 Å². The zero-order valence-electron chi connectivity index (χ0n) is 9.52. The van der Waals surface area contributed by atoms with Crippen molar-refractivity contribution in [1.29, 1.82) is 0 Å². The quantitative estimate of drug-likeness (QED) is 0.831. The van der Waals surface area contributed by atoms with Crippen molar-refractivity contribution in [1.82, 2.24) is 15.2 Å². The van der Waals surface area contributed by atoms with Crippen molar-refractivity contribution in [3.63, 3.8) is 0 Å². The van der Waals surface area contributed by atoms with Gasteiger partial charge in [0.2, 0.25) is 5.95 Å². The Morgan fingerprint density at radius 1 is 1.41 bits per heavy atom. The number of methoxy groups -OCH3 is 1. The molecule has 0 bridgehead atoms. The molecule has 0 fully saturated rings. The molecule has 2 N–H and O–H groups in total. The van der Waals surface area contributed by atoms with Crippen LogP contribution in [0.1, 0.15) is 5.56 Å². The first-order chi connectivity index (χ1) is 8.19. The van der Waals surface area contributed by atoms with Gasteiger partial charge >= 0.3 is 0 Å². The first-order valence-corrected chi connectivity index (χ1v) is 5.03. The summed E-state index contributed by atoms with van der Waals surface area (Å²) in [5.41, 5.74) is 1.48. The van der Waals surface area contributed by atoms with Crippen LogP contribution in [0.5, 0.6) is 5.75 Å². The van der Waals surface area contributed by atoms with Crippen LogP contribution in [-0.4, -0.2) is 22.3 Å². The lowest BCUT2D eigenvalue weighted by Gasteiger charge is -2.10. The molecule has 1 aromatic carbocycles. The van der Waals surface area contributed by atoms with E-state index in [1.807, 2.05) is 25.1 Å². The Hall–Kier alpha value is -2.37. The zero-order chi connectivity index (χ0) is 12.3. The Morgan fingerprint density at radius 2 is 2.24 bits per heavy atom. The summed E-state index contributed by atoms with van der Waals surface area (Å²) in [5.74, 6) is 0.948. The maximum atomic E-state index is 11.1. The van der Waals surface area contributed by atoms with E-state index in [-0.39, 0.29) is 11.5 Å². The van der Waals surface area contributed by atoms with Gasteiger partial charge in [0.05, 0.1) is 12.8 Å². The smallest absolute Gasteiger partial charge is 0.271 e. The van der Waals surface area contributed by atoms with Crippen LogP contribution in [0.25, 0.3) is 0 Å². The molecular formula is C11H12N4O2. The standard InChI is InChI=1S/C11H12N4O2/c1-7-3-4-9(17-2)8(5-7)13-11-14-10(16)6-12-15-11/h3-6H,1-2H3,(H2,13,14,15,16). The van der Waals surface area contributed by atoms with Crippen LogP contribution in [0, 0.1) is 6.92 Å². The summed E-state index contributed by atoms with van der Waals surface area (Å²) < 4.78 is 5.20. The second-order valence-corrected chi connectivity index (χ2v) is 3.51. The van der Waals surface area contributed by atoms with Crippen molar-refractivity contribution in [3.8, 4) is 5.75 Å². The largest absolute Gasteiger partial charge is 0.495 e. The molecule has 1 heterocycles. The molecule has 0 aliphatic rings. The highest BCUT2D eigenvalue weighted by molar-refractivity contribution is 5.63. The summed E-state index contributed by atoms with van der Waals surface area (Å²) in [7, 11) is 1.58. The fourth-order valence-electron chi connectivity index (χ4n) is 1.42. The lowest BCUT2D eigenvalue weighted by molar-refractivity contribution is 0.416. The molecule has 0 unspecified atom stereocenters. The van der Waals surface area contributed by atoms with Gasteiger partial charge in [0.25, 0.3) is 5.56 Å². The van der Waals surface area contributed by atoms with E-state index < -0.39 is 0 Å². The van der Waals surface area contributed by atoms with Crippen LogP contribution in [0.4, 0.5) is 11.6 Å². The van der Waals surface area contributed by atoms with Crippen molar-refractivity contribution >= 4 is 11.6 Å². The van der Waals surface area contributed by atoms with Gasteiger partial charge in [-0.1, -0.05) is 6.07 Å². The van der Waals surface area contributed by atoms with Crippen molar-refractivity contribution in [2.75, 3.05) is 12.4 Å². The second kappa shape index (κ2) is 4.65. The van der Waals surface area contributed by atoms with E-state index in [0.29, 0.717) is 5.75 Å². The highest BCUT2D eigenvalue weighted by Crippen LogP contribution is 2.26. The lowest BCUT2D eigenvalue weighted by atomic mass is 10.2. The van der Waals surface area contributed by atoms with Crippen LogP contribution in [-0.2, 0) is 0 Å². The van der Waals surface area contributed by atoms with E-state index >= 15 is 0 Å². The first kappa shape index (κ1) is 11.1. The monoisotopic (exact) mass is 232 g/mol. The second-order valence-electron chi connectivity index (χ2n) is 3.51. The molecule has 0 aliphatic heterocycles. The molecule has 0 aliphatic carbocycles. The molecule has 0 saturated carbocycles. The van der Waals surface area contributed by atoms with Gasteiger partial charge in [-0.05, 0) is 24.6 Å². The molecule has 0 amide bonds. The summed E-state index contributed by atoms with van der Waals surface area (Å²) in [6.45, 7) is 1.96. The molecular weight excluding hydrogens is 220 g/mol. The van der Waals surface area contributed by atoms with Crippen LogP contribution < -0.4 is 15.6 Å². The number of anilines is 2. The summed E-state index contributed by atoms with van der Waals surface area (Å²) in [6, 6.07) is 5.67. The minimum absolute atomic E-state index is 0.279. The molecule has 0 spiro atoms. The van der Waals surface area contributed by atoms with E-state index in [1.54, 1.807) is 7.11 Å². The van der Waals surface area contributed by atoms with Gasteiger partial charge in [-0.15, -0.1) is 10.2 Å². The van der Waals surface area contributed by atoms with E-state index in [9.17, 15) is 4.79 Å². The number of hydrogen-bond donors (Lipinski definition) is 2. The number of rotatable bonds is 3. The summed E-state index contributed by atoms with van der Waals surface area (Å²) in [5, 5.41) is 10.3. The minimum Gasteiger partial charge on any atom is -0.495 e. The number of aromatic nitrogens is 3. The van der Waals surface area contributed by atoms with Crippen LogP contribution >= 0.6 is 0 Å². The molecule has 0 radical (unpaired) electrons. The molecule has 6 nitrogen and oxygen atoms in total. The summed E-state index contributed by atoms with van der Waals surface area (Å²) in [4.78, 5) is 13.6. The Kier molecular flexibility index (Phi) is 3.04. The Labute approximate surface area is 97.7 Å². The fourth-order valence-corrected chi connectivity index (χ4v) is 1.42. The summed E-state index contributed by atoms with van der Waals surface area (Å²) in [6.07, 6.45) is 1.11. The number of benzene rings is 1. The van der Waals surface area contributed by atoms with Gasteiger partial charge in [-0.2, -0.15) is 0 Å². The molecule has 88 valence electrons. The molecule has 0 atom stereocenters. The highest BCUT2D eigenvalue weighted by Gasteiger charge is 2.04. The maximum Gasteiger partial charge on any atom is 0.271 e. The summed E-state index contributed by atoms with van der Waals surface area (Å²) >= 11 is 0. The van der Waals surface area contributed by atoms with Gasteiger partial charge < -0.3 is 10.1 Å². The average molecular weight is 232 g/mol. The third kappa shape index (κ3) is 2.60. The van der Waals surface area contributed by atoms with E-state index in [0.717, 1.165) is 17.4 Å². The average Bonchev–Trinajstić information content (AvgIpc) is 2.29. The number of nitrogens with one attached hydrogen (secondary N) is 2. The normalized spacial score (nSPS) is 10.0. The third-order valence-corrected chi connectivity index (χ3v) is 2.18. The SMILES string of the molecule is COc1ccc(C)cc1Nc1nncc(=O)[nH]1. The Morgan fingerprint density at radius 3 is 2.94 bits per heavy atom. The zero-order valence-corrected chi connectivity index (χ0v) is 9.52. The number of H-pyrrole nitrogens is 1. The Bertz CT molecular complexity index is 580. The van der Waals surface area contributed by atoms with Crippen molar-refractivity contribution < 1.29 is 4.74 Å². The third-order valence-electron chi connectivity index (χ3n) is 2.18. The molecule has 2 rings (SSSR count). The van der Waals surface area contributed by atoms with Crippen LogP contribution in [0.3, 0.4) is 0 Å². The topological polar surface area (TPSA) is 79.9 Å². The molecule has 2 aromatic rings. The first-order valence-electron chi connectivity index (χ1n) is 5.03. The molecule has 17 heavy (non-hydrogen) atoms. The van der Waals surface area contributed by atoms with Crippen LogP contribution in [0.2, 0.25) is 0 Å². The minimum atomic E-state index is -0.311. The number of ether oxygens (including phenoxy) is 1. The van der Waals surface area contributed by atoms with Crippen molar-refractivity contribution in [2.45, 2.75) is 6.92 Å². The van der Waals surface area contributed by atoms with E-state index in [4.69, 9.17) is 4.74 Å². The van der Waals surface area contributed by atoms with Gasteiger partial charge in [-0.3, -0.25) is 9.78 Å². The number of aryl methyl sites for hydroxylation is 1. The molecule has 1 aromatic heterocycles. The van der Waals surface area contributed by atoms with Crippen molar-refractivity contribution in [3.05, 3.63) is 40.3 Å². The predicted octanol–water partition coefficient (Wildman–Crippen LogP) is 1.23. The van der Waals surface area contributed by atoms with Gasteiger partial charge in [0, 0.05) is 0 Å². The fraction of sp³-hybridized carbons (Fsp3) is 0.182. The number of hydrogen-bond acceptors (Lipinski definition) is 5. The maximum absolute atomic E-state index is 11.1. The van der Waals surface area contributed by atoms with Crippen molar-refractivity contribution in [2.24, 2.45) is 0 Å². The van der Waals surface area contributed by atoms with Gasteiger partial charge in [0.15, 0.2) is 0 Å². The number of nitrogens with zero attached hydrogens (tertiary/aromatic N) is 2. The number of aromatic amines is 1. The Balaban J connectivity index is 2.35. The predicted molar refractivity (Wildman–Crippen MR) is 63.7 cm³/mol. The van der Waals surface area contributed by atoms with E-state index in [2.05, 4.69) is 20.5 Å². The highest BCUT2D eigenvalue weighted by atomic mass is 16.5.